The van der Waals surface area contributed by atoms with Crippen molar-refractivity contribution >= 4 is 23.5 Å². The van der Waals surface area contributed by atoms with Gasteiger partial charge in [0.2, 0.25) is 11.1 Å². The van der Waals surface area contributed by atoms with Gasteiger partial charge in [-0.1, -0.05) is 29.5 Å². The van der Waals surface area contributed by atoms with Crippen molar-refractivity contribution < 1.29 is 4.79 Å². The normalized spacial score (nSPS) is 10.7. The number of nitrogens with two attached hydrogens (primary N) is 1. The maximum absolute atomic E-state index is 12.3. The monoisotopic (exact) mass is 276 g/mol. The summed E-state index contributed by atoms with van der Waals surface area (Å²) in [5, 5.41) is 6.93. The summed E-state index contributed by atoms with van der Waals surface area (Å²) in [4.78, 5) is 16.2. The van der Waals surface area contributed by atoms with E-state index in [1.54, 1.807) is 0 Å². The fourth-order valence-corrected chi connectivity index (χ4v) is 2.82. The van der Waals surface area contributed by atoms with Gasteiger partial charge in [0.15, 0.2) is 5.78 Å². The first-order valence-electron chi connectivity index (χ1n) is 5.89. The van der Waals surface area contributed by atoms with E-state index >= 15 is 0 Å². The molecule has 2 rings (SSSR count). The van der Waals surface area contributed by atoms with Crippen molar-refractivity contribution in [3.63, 3.8) is 0 Å². The van der Waals surface area contributed by atoms with Gasteiger partial charge in [-0.2, -0.15) is 4.98 Å². The van der Waals surface area contributed by atoms with Crippen LogP contribution in [0.4, 0.5) is 5.95 Å². The summed E-state index contributed by atoms with van der Waals surface area (Å²) < 4.78 is 0. The quantitative estimate of drug-likeness (QED) is 0.661. The average molecular weight is 276 g/mol. The molecule has 3 N–H and O–H groups in total. The van der Waals surface area contributed by atoms with Crippen LogP contribution in [0.15, 0.2) is 17.3 Å². The Morgan fingerprint density at radius 1 is 1.32 bits per heavy atom. The molecule has 0 saturated carbocycles. The molecule has 0 aliphatic carbocycles. The number of thioether (sulfide) groups is 1. The Balaban J connectivity index is 2.12. The second-order valence-electron chi connectivity index (χ2n) is 4.49. The first-order chi connectivity index (χ1) is 8.97. The number of hydrogen-bond donors (Lipinski definition) is 2. The Morgan fingerprint density at radius 3 is 2.47 bits per heavy atom. The van der Waals surface area contributed by atoms with Gasteiger partial charge in [-0.25, -0.2) is 5.10 Å². The summed E-state index contributed by atoms with van der Waals surface area (Å²) in [7, 11) is 0. The van der Waals surface area contributed by atoms with E-state index in [-0.39, 0.29) is 11.7 Å². The van der Waals surface area contributed by atoms with Crippen LogP contribution in [0, 0.1) is 20.8 Å². The molecule has 0 spiro atoms. The van der Waals surface area contributed by atoms with Crippen LogP contribution in [0.5, 0.6) is 0 Å². The van der Waals surface area contributed by atoms with Crippen LogP contribution < -0.4 is 5.73 Å². The predicted octanol–water partition coefficient (Wildman–Crippen LogP) is 2.29. The Morgan fingerprint density at radius 2 is 1.95 bits per heavy atom. The van der Waals surface area contributed by atoms with Gasteiger partial charge in [-0.3, -0.25) is 4.79 Å². The van der Waals surface area contributed by atoms with Crippen LogP contribution in [0.2, 0.25) is 0 Å². The Hall–Kier alpha value is -1.82. The van der Waals surface area contributed by atoms with Crippen LogP contribution in [-0.2, 0) is 0 Å². The van der Waals surface area contributed by atoms with Crippen LogP contribution in [-0.4, -0.2) is 26.7 Å². The molecule has 0 fully saturated rings. The first kappa shape index (κ1) is 13.6. The highest BCUT2D eigenvalue weighted by molar-refractivity contribution is 7.99. The number of nitrogens with one attached hydrogen (secondary N) is 1. The number of anilines is 1. The summed E-state index contributed by atoms with van der Waals surface area (Å²) in [6.45, 7) is 5.95. The third-order valence-corrected chi connectivity index (χ3v) is 3.62. The number of aromatic nitrogens is 3. The molecule has 0 aliphatic rings. The number of Topliss-reactive ketones (excluding diaryl/α,β-unsaturated/α-hetero) is 1. The fourth-order valence-electron chi connectivity index (χ4n) is 2.14. The highest BCUT2D eigenvalue weighted by Gasteiger charge is 2.14. The molecule has 1 aromatic carbocycles. The van der Waals surface area contributed by atoms with Crippen LogP contribution in [0.3, 0.4) is 0 Å². The molecule has 100 valence electrons. The smallest absolute Gasteiger partial charge is 0.216 e. The van der Waals surface area contributed by atoms with E-state index in [1.807, 2.05) is 32.9 Å². The lowest BCUT2D eigenvalue weighted by Gasteiger charge is -2.09. The molecule has 5 nitrogen and oxygen atoms in total. The standard InChI is InChI=1S/C13H16N4OS/c1-7-4-8(2)11(9(3)5-7)10(18)6-19-13-15-12(14)16-17-13/h4-5H,6H2,1-3H3,(H3,14,15,16,17). The average Bonchev–Trinajstić information content (AvgIpc) is 2.71. The van der Waals surface area contributed by atoms with Gasteiger partial charge < -0.3 is 5.73 Å². The lowest BCUT2D eigenvalue weighted by molar-refractivity contribution is 0.102. The van der Waals surface area contributed by atoms with Gasteiger partial charge in [0, 0.05) is 5.56 Å². The number of benzene rings is 1. The highest BCUT2D eigenvalue weighted by Crippen LogP contribution is 2.21. The molecule has 1 aromatic heterocycles. The van der Waals surface area contributed by atoms with E-state index in [9.17, 15) is 4.79 Å². The van der Waals surface area contributed by atoms with Crippen molar-refractivity contribution in [3.8, 4) is 0 Å². The topological polar surface area (TPSA) is 84.7 Å². The van der Waals surface area contributed by atoms with Crippen molar-refractivity contribution in [1.82, 2.24) is 15.2 Å². The van der Waals surface area contributed by atoms with Crippen LogP contribution in [0.25, 0.3) is 0 Å². The molecule has 1 heterocycles. The molecule has 0 atom stereocenters. The van der Waals surface area contributed by atoms with Gasteiger partial charge in [-0.15, -0.1) is 5.10 Å². The first-order valence-corrected chi connectivity index (χ1v) is 6.87. The molecular formula is C13H16N4OS. The molecule has 0 bridgehead atoms. The minimum atomic E-state index is 0.0865. The number of H-pyrrole nitrogens is 1. The summed E-state index contributed by atoms with van der Waals surface area (Å²) in [5.74, 6) is 0.656. The van der Waals surface area contributed by atoms with Gasteiger partial charge in [0.25, 0.3) is 0 Å². The molecule has 2 aromatic rings. The highest BCUT2D eigenvalue weighted by atomic mass is 32.2. The minimum absolute atomic E-state index is 0.0865. The molecular weight excluding hydrogens is 260 g/mol. The molecule has 0 saturated heterocycles. The summed E-state index contributed by atoms with van der Waals surface area (Å²) in [6, 6.07) is 4.05. The number of aryl methyl sites for hydroxylation is 3. The van der Waals surface area contributed by atoms with E-state index in [4.69, 9.17) is 5.73 Å². The molecule has 0 amide bonds. The number of aromatic amines is 1. The number of nitrogens with zero attached hydrogens (tertiary/aromatic N) is 2. The third kappa shape index (κ3) is 3.14. The van der Waals surface area contributed by atoms with E-state index in [1.165, 1.54) is 17.3 Å². The maximum atomic E-state index is 12.3. The SMILES string of the molecule is Cc1cc(C)c(C(=O)CSc2n[nH]c(N)n2)c(C)c1. The predicted molar refractivity (Wildman–Crippen MR) is 76.5 cm³/mol. The van der Waals surface area contributed by atoms with E-state index in [0.29, 0.717) is 10.9 Å². The van der Waals surface area contributed by atoms with Crippen molar-refractivity contribution in [3.05, 3.63) is 34.4 Å². The van der Waals surface area contributed by atoms with Crippen molar-refractivity contribution in [2.45, 2.75) is 25.9 Å². The zero-order chi connectivity index (χ0) is 14.0. The Labute approximate surface area is 116 Å². The zero-order valence-electron chi connectivity index (χ0n) is 11.2. The summed E-state index contributed by atoms with van der Waals surface area (Å²) >= 11 is 1.28. The second-order valence-corrected chi connectivity index (χ2v) is 5.43. The number of carbonyl (C=O) groups excluding carboxylic acids is 1. The Kier molecular flexibility index (Phi) is 3.90. The third-order valence-electron chi connectivity index (χ3n) is 2.77. The maximum Gasteiger partial charge on any atom is 0.216 e. The van der Waals surface area contributed by atoms with Gasteiger partial charge in [-0.05, 0) is 31.9 Å². The van der Waals surface area contributed by atoms with Crippen molar-refractivity contribution in [1.29, 1.82) is 0 Å². The van der Waals surface area contributed by atoms with E-state index in [2.05, 4.69) is 15.2 Å². The molecule has 0 radical (unpaired) electrons. The molecule has 6 heteroatoms. The van der Waals surface area contributed by atoms with E-state index in [0.717, 1.165) is 16.7 Å². The number of ketones is 1. The summed E-state index contributed by atoms with van der Waals surface area (Å²) in [5.41, 5.74) is 9.42. The van der Waals surface area contributed by atoms with Gasteiger partial charge in [0.1, 0.15) is 0 Å². The molecule has 19 heavy (non-hydrogen) atoms. The number of carbonyl (C=O) groups is 1. The zero-order valence-corrected chi connectivity index (χ0v) is 12.0. The summed E-state index contributed by atoms with van der Waals surface area (Å²) in [6.07, 6.45) is 0. The van der Waals surface area contributed by atoms with Crippen LogP contribution >= 0.6 is 11.8 Å². The van der Waals surface area contributed by atoms with Gasteiger partial charge in [0.05, 0.1) is 5.75 Å². The molecule has 0 aliphatic heterocycles. The van der Waals surface area contributed by atoms with Crippen molar-refractivity contribution in [2.24, 2.45) is 0 Å². The van der Waals surface area contributed by atoms with Crippen molar-refractivity contribution in [2.75, 3.05) is 11.5 Å². The van der Waals surface area contributed by atoms with Crippen LogP contribution in [0.1, 0.15) is 27.0 Å². The number of rotatable bonds is 4. The lowest BCUT2D eigenvalue weighted by atomic mass is 9.97. The number of hydrogen-bond acceptors (Lipinski definition) is 5. The van der Waals surface area contributed by atoms with Gasteiger partial charge >= 0.3 is 0 Å². The lowest BCUT2D eigenvalue weighted by Crippen LogP contribution is -2.08. The fraction of sp³-hybridized carbons (Fsp3) is 0.308. The number of nitrogen functional groups attached to an aromatic ring is 1. The molecule has 0 unspecified atom stereocenters. The largest absolute Gasteiger partial charge is 0.368 e. The van der Waals surface area contributed by atoms with E-state index < -0.39 is 0 Å². The Bertz CT molecular complexity index is 598. The minimum Gasteiger partial charge on any atom is -0.368 e. The second kappa shape index (κ2) is 5.44.